The van der Waals surface area contributed by atoms with Crippen LogP contribution in [0, 0.1) is 5.92 Å². The van der Waals surface area contributed by atoms with Crippen molar-refractivity contribution in [3.63, 3.8) is 0 Å². The highest BCUT2D eigenvalue weighted by Gasteiger charge is 2.11. The molecule has 0 aliphatic rings. The summed E-state index contributed by atoms with van der Waals surface area (Å²) in [6.45, 7) is 12.2. The first-order chi connectivity index (χ1) is 10.8. The van der Waals surface area contributed by atoms with Crippen molar-refractivity contribution in [1.82, 2.24) is 0 Å². The van der Waals surface area contributed by atoms with Gasteiger partial charge in [0, 0.05) is 12.4 Å². The first-order valence-corrected chi connectivity index (χ1v) is 9.26. The Kier molecular flexibility index (Phi) is 15.4. The summed E-state index contributed by atoms with van der Waals surface area (Å²) in [5.41, 5.74) is 1.34. The molecule has 1 heteroatoms. The molecule has 0 aliphatic heterocycles. The van der Waals surface area contributed by atoms with Crippen LogP contribution in [0.2, 0.25) is 0 Å². The molecule has 1 unspecified atom stereocenters. The maximum Gasteiger partial charge on any atom is 0.0270 e. The Balaban J connectivity index is 4.45. The third-order valence-electron chi connectivity index (χ3n) is 4.23. The monoisotopic (exact) mass is 303 g/mol. The standard InChI is InChI=1S/C21H37N/c1-5-9-11-13-15-17-21(16-14-12-10-6-2)20(7-3)18-19-22-8-4/h7-8,18-19,21H,3-6,9-17H2,1-2H3/b20-18+,22-19?. The normalized spacial score (nSPS) is 13.5. The lowest BCUT2D eigenvalue weighted by atomic mass is 9.87. The molecule has 0 bridgehead atoms. The molecular weight excluding hydrogens is 266 g/mol. The van der Waals surface area contributed by atoms with E-state index in [4.69, 9.17) is 0 Å². The molecule has 0 saturated carbocycles. The van der Waals surface area contributed by atoms with Crippen LogP contribution in [0.4, 0.5) is 0 Å². The summed E-state index contributed by atoms with van der Waals surface area (Å²) in [4.78, 5) is 4.09. The van der Waals surface area contributed by atoms with E-state index in [1.54, 1.807) is 6.20 Å². The molecular formula is C21H37N. The molecule has 1 atom stereocenters. The van der Waals surface area contributed by atoms with Gasteiger partial charge in [0.25, 0.3) is 0 Å². The number of allylic oxidation sites excluding steroid dienone is 3. The van der Waals surface area contributed by atoms with Gasteiger partial charge in [0.1, 0.15) is 0 Å². The van der Waals surface area contributed by atoms with Crippen molar-refractivity contribution in [2.75, 3.05) is 0 Å². The minimum absolute atomic E-state index is 0.646. The van der Waals surface area contributed by atoms with Gasteiger partial charge < -0.3 is 0 Å². The fourth-order valence-corrected chi connectivity index (χ4v) is 2.85. The lowest BCUT2D eigenvalue weighted by Gasteiger charge is -2.18. The zero-order valence-electron chi connectivity index (χ0n) is 15.0. The molecule has 1 nitrogen and oxygen atoms in total. The van der Waals surface area contributed by atoms with Crippen LogP contribution >= 0.6 is 0 Å². The molecule has 0 N–H and O–H groups in total. The summed E-state index contributed by atoms with van der Waals surface area (Å²) >= 11 is 0. The molecule has 0 heterocycles. The van der Waals surface area contributed by atoms with Crippen LogP contribution in [0.15, 0.2) is 42.1 Å². The van der Waals surface area contributed by atoms with Gasteiger partial charge in [0.2, 0.25) is 0 Å². The Morgan fingerprint density at radius 2 is 1.41 bits per heavy atom. The second-order valence-corrected chi connectivity index (χ2v) is 6.10. The predicted molar refractivity (Wildman–Crippen MR) is 103 cm³/mol. The van der Waals surface area contributed by atoms with Crippen LogP contribution < -0.4 is 0 Å². The number of nitrogens with zero attached hydrogens (tertiary/aromatic N) is 1. The van der Waals surface area contributed by atoms with Gasteiger partial charge in [-0.3, -0.25) is 4.99 Å². The second kappa shape index (κ2) is 16.3. The SMILES string of the molecule is C=CN=C/C=C(\C=C)C(CCCCCC)CCCCCCC. The molecule has 0 rings (SSSR count). The van der Waals surface area contributed by atoms with Gasteiger partial charge in [-0.2, -0.15) is 0 Å². The van der Waals surface area contributed by atoms with E-state index in [0.29, 0.717) is 5.92 Å². The molecule has 0 amide bonds. The van der Waals surface area contributed by atoms with Crippen LogP contribution in [0.1, 0.15) is 84.5 Å². The zero-order chi connectivity index (χ0) is 16.5. The smallest absolute Gasteiger partial charge is 0.0270 e. The van der Waals surface area contributed by atoms with Gasteiger partial charge in [0.05, 0.1) is 0 Å². The third-order valence-corrected chi connectivity index (χ3v) is 4.23. The van der Waals surface area contributed by atoms with Crippen LogP contribution in [-0.2, 0) is 0 Å². The summed E-state index contributed by atoms with van der Waals surface area (Å²) < 4.78 is 0. The van der Waals surface area contributed by atoms with Gasteiger partial charge in [-0.25, -0.2) is 0 Å². The molecule has 126 valence electrons. The maximum absolute atomic E-state index is 4.09. The molecule has 0 saturated heterocycles. The van der Waals surface area contributed by atoms with Crippen LogP contribution in [0.5, 0.6) is 0 Å². The van der Waals surface area contributed by atoms with E-state index in [2.05, 4.69) is 38.1 Å². The van der Waals surface area contributed by atoms with Crippen molar-refractivity contribution in [3.05, 3.63) is 37.1 Å². The number of hydrogen-bond donors (Lipinski definition) is 0. The number of hydrogen-bond acceptors (Lipinski definition) is 1. The first kappa shape index (κ1) is 20.9. The van der Waals surface area contributed by atoms with Crippen LogP contribution in [0.3, 0.4) is 0 Å². The average Bonchev–Trinajstić information content (AvgIpc) is 2.54. The number of aliphatic imine (C=N–C) groups is 1. The summed E-state index contributed by atoms with van der Waals surface area (Å²) in [6, 6.07) is 0. The van der Waals surface area contributed by atoms with Crippen molar-refractivity contribution < 1.29 is 0 Å². The number of rotatable bonds is 15. The van der Waals surface area contributed by atoms with E-state index >= 15 is 0 Å². The van der Waals surface area contributed by atoms with Crippen molar-refractivity contribution in [3.8, 4) is 0 Å². The highest BCUT2D eigenvalue weighted by atomic mass is 14.6. The summed E-state index contributed by atoms with van der Waals surface area (Å²) in [5.74, 6) is 0.646. The topological polar surface area (TPSA) is 12.4 Å². The highest BCUT2D eigenvalue weighted by molar-refractivity contribution is 5.73. The largest absolute Gasteiger partial charge is 0.265 e. The molecule has 22 heavy (non-hydrogen) atoms. The average molecular weight is 304 g/mol. The lowest BCUT2D eigenvalue weighted by molar-refractivity contribution is 0.459. The van der Waals surface area contributed by atoms with Gasteiger partial charge in [-0.15, -0.1) is 0 Å². The Hall–Kier alpha value is -1.11. The minimum atomic E-state index is 0.646. The van der Waals surface area contributed by atoms with E-state index < -0.39 is 0 Å². The molecule has 0 aromatic heterocycles. The minimum Gasteiger partial charge on any atom is -0.265 e. The van der Waals surface area contributed by atoms with Crippen LogP contribution in [0.25, 0.3) is 0 Å². The van der Waals surface area contributed by atoms with Gasteiger partial charge in [-0.05, 0) is 30.4 Å². The van der Waals surface area contributed by atoms with E-state index in [0.717, 1.165) is 0 Å². The fraction of sp³-hybridized carbons (Fsp3) is 0.667. The lowest BCUT2D eigenvalue weighted by Crippen LogP contribution is -2.04. The number of unbranched alkanes of at least 4 members (excludes halogenated alkanes) is 7. The van der Waals surface area contributed by atoms with E-state index in [1.807, 2.05) is 12.3 Å². The molecule has 0 radical (unpaired) electrons. The quantitative estimate of drug-likeness (QED) is 0.171. The van der Waals surface area contributed by atoms with Crippen molar-refractivity contribution in [2.45, 2.75) is 84.5 Å². The van der Waals surface area contributed by atoms with Crippen molar-refractivity contribution >= 4 is 6.21 Å². The third kappa shape index (κ3) is 11.5. The zero-order valence-corrected chi connectivity index (χ0v) is 15.0. The molecule has 0 aromatic rings. The summed E-state index contributed by atoms with van der Waals surface area (Å²) in [6.07, 6.45) is 22.3. The van der Waals surface area contributed by atoms with Crippen molar-refractivity contribution in [1.29, 1.82) is 0 Å². The van der Waals surface area contributed by atoms with Crippen LogP contribution in [-0.4, -0.2) is 6.21 Å². The van der Waals surface area contributed by atoms with Gasteiger partial charge in [-0.1, -0.05) is 90.9 Å². The molecule has 0 aromatic carbocycles. The van der Waals surface area contributed by atoms with E-state index in [1.165, 1.54) is 76.2 Å². The molecule has 0 spiro atoms. The summed E-state index contributed by atoms with van der Waals surface area (Å²) in [7, 11) is 0. The predicted octanol–water partition coefficient (Wildman–Crippen LogP) is 7.26. The maximum atomic E-state index is 4.09. The van der Waals surface area contributed by atoms with Crippen molar-refractivity contribution in [2.24, 2.45) is 10.9 Å². The highest BCUT2D eigenvalue weighted by Crippen LogP contribution is 2.26. The van der Waals surface area contributed by atoms with Gasteiger partial charge >= 0.3 is 0 Å². The fourth-order valence-electron chi connectivity index (χ4n) is 2.85. The van der Waals surface area contributed by atoms with Gasteiger partial charge in [0.15, 0.2) is 0 Å². The van der Waals surface area contributed by atoms with E-state index in [9.17, 15) is 0 Å². The Bertz CT molecular complexity index is 325. The first-order valence-electron chi connectivity index (χ1n) is 9.26. The Morgan fingerprint density at radius 1 is 0.864 bits per heavy atom. The van der Waals surface area contributed by atoms with E-state index in [-0.39, 0.29) is 0 Å². The Morgan fingerprint density at radius 3 is 1.91 bits per heavy atom. The Labute approximate surface area is 139 Å². The second-order valence-electron chi connectivity index (χ2n) is 6.10. The molecule has 0 aliphatic carbocycles. The molecule has 0 fully saturated rings. The summed E-state index contributed by atoms with van der Waals surface area (Å²) in [5, 5.41) is 0.